The second kappa shape index (κ2) is 9.88. The fourth-order valence-electron chi connectivity index (χ4n) is 4.27. The minimum absolute atomic E-state index is 0.0672. The van der Waals surface area contributed by atoms with Gasteiger partial charge in [0.25, 0.3) is 11.5 Å². The molecule has 3 rings (SSSR count). The lowest BCUT2D eigenvalue weighted by atomic mass is 9.96. The van der Waals surface area contributed by atoms with E-state index in [2.05, 4.69) is 36.1 Å². The Morgan fingerprint density at radius 3 is 2.76 bits per heavy atom. The number of carbonyl (C=O) groups is 1. The second-order valence-electron chi connectivity index (χ2n) is 8.21. The fourth-order valence-corrected chi connectivity index (χ4v) is 4.27. The summed E-state index contributed by atoms with van der Waals surface area (Å²) in [6.07, 6.45) is 5.10. The van der Waals surface area contributed by atoms with E-state index < -0.39 is 0 Å². The molecule has 2 heterocycles. The van der Waals surface area contributed by atoms with Crippen molar-refractivity contribution >= 4 is 5.91 Å². The van der Waals surface area contributed by atoms with E-state index in [0.717, 1.165) is 39.0 Å². The van der Waals surface area contributed by atoms with Crippen LogP contribution in [0.5, 0.6) is 0 Å². The fraction of sp³-hybridized carbons (Fsp3) is 0.500. The highest BCUT2D eigenvalue weighted by atomic mass is 16.2. The summed E-state index contributed by atoms with van der Waals surface area (Å²) in [4.78, 5) is 29.1. The first-order valence-corrected chi connectivity index (χ1v) is 10.7. The second-order valence-corrected chi connectivity index (χ2v) is 8.21. The van der Waals surface area contributed by atoms with Crippen molar-refractivity contribution in [2.24, 2.45) is 5.92 Å². The van der Waals surface area contributed by atoms with Gasteiger partial charge in [0.2, 0.25) is 0 Å². The van der Waals surface area contributed by atoms with E-state index in [1.807, 2.05) is 14.0 Å². The number of pyridine rings is 1. The lowest BCUT2D eigenvalue weighted by molar-refractivity contribution is 0.0730. The molecule has 1 amide bonds. The van der Waals surface area contributed by atoms with Crippen LogP contribution < -0.4 is 5.56 Å². The van der Waals surface area contributed by atoms with Crippen LogP contribution >= 0.6 is 0 Å². The van der Waals surface area contributed by atoms with Crippen molar-refractivity contribution in [1.82, 2.24) is 14.4 Å². The number of nitrogens with zero attached hydrogens (tertiary/aromatic N) is 3. The van der Waals surface area contributed by atoms with Crippen LogP contribution in [0.1, 0.15) is 41.3 Å². The molecule has 1 aromatic carbocycles. The molecule has 0 spiro atoms. The smallest absolute Gasteiger partial charge is 0.253 e. The minimum Gasteiger partial charge on any atom is -0.341 e. The first kappa shape index (κ1) is 21.3. The standard InChI is InChI=1S/C24H33N3O2/c1-4-27-15-12-22(16-23(27)28)24(29)25(3)17-20-9-7-13-26(18-20)14-11-21-10-6-5-8-19(21)2/h5-6,8,10,12,15-16,20H,4,7,9,11,13-14,17-18H2,1-3H3/t20-/m0/s1. The summed E-state index contributed by atoms with van der Waals surface area (Å²) in [7, 11) is 1.85. The first-order chi connectivity index (χ1) is 14.0. The molecule has 0 unspecified atom stereocenters. The Bertz CT molecular complexity index is 890. The summed E-state index contributed by atoms with van der Waals surface area (Å²) < 4.78 is 1.60. The van der Waals surface area contributed by atoms with E-state index in [1.54, 1.807) is 21.7 Å². The third kappa shape index (κ3) is 5.57. The van der Waals surface area contributed by atoms with Gasteiger partial charge >= 0.3 is 0 Å². The average molecular weight is 396 g/mol. The Morgan fingerprint density at radius 1 is 1.24 bits per heavy atom. The van der Waals surface area contributed by atoms with Gasteiger partial charge in [0.05, 0.1) is 0 Å². The maximum atomic E-state index is 12.8. The summed E-state index contributed by atoms with van der Waals surface area (Å²) >= 11 is 0. The number of carbonyl (C=O) groups excluding carboxylic acids is 1. The van der Waals surface area contributed by atoms with Crippen LogP contribution in [-0.2, 0) is 13.0 Å². The van der Waals surface area contributed by atoms with Crippen molar-refractivity contribution < 1.29 is 4.79 Å². The quantitative estimate of drug-likeness (QED) is 0.723. The van der Waals surface area contributed by atoms with Gasteiger partial charge in [-0.25, -0.2) is 0 Å². The van der Waals surface area contributed by atoms with E-state index in [1.165, 1.54) is 23.6 Å². The molecule has 1 saturated heterocycles. The van der Waals surface area contributed by atoms with Crippen molar-refractivity contribution in [3.63, 3.8) is 0 Å². The summed E-state index contributed by atoms with van der Waals surface area (Å²) in [6, 6.07) is 11.8. The van der Waals surface area contributed by atoms with Gasteiger partial charge in [0, 0.05) is 51.1 Å². The molecule has 0 N–H and O–H groups in total. The van der Waals surface area contributed by atoms with Gasteiger partial charge < -0.3 is 14.4 Å². The van der Waals surface area contributed by atoms with Gasteiger partial charge in [-0.05, 0) is 62.8 Å². The van der Waals surface area contributed by atoms with Crippen LogP contribution in [0.25, 0.3) is 0 Å². The summed E-state index contributed by atoms with van der Waals surface area (Å²) in [5, 5.41) is 0. The number of hydrogen-bond donors (Lipinski definition) is 0. The molecule has 1 atom stereocenters. The minimum atomic E-state index is -0.119. The van der Waals surface area contributed by atoms with Gasteiger partial charge in [-0.15, -0.1) is 0 Å². The number of benzene rings is 1. The van der Waals surface area contributed by atoms with Crippen LogP contribution in [0.4, 0.5) is 0 Å². The van der Waals surface area contributed by atoms with Crippen molar-refractivity contribution in [2.75, 3.05) is 33.2 Å². The van der Waals surface area contributed by atoms with E-state index in [-0.39, 0.29) is 11.5 Å². The van der Waals surface area contributed by atoms with Gasteiger partial charge in [-0.3, -0.25) is 9.59 Å². The molecule has 2 aromatic rings. The largest absolute Gasteiger partial charge is 0.341 e. The summed E-state index contributed by atoms with van der Waals surface area (Å²) in [5.74, 6) is 0.410. The predicted octanol–water partition coefficient (Wildman–Crippen LogP) is 3.20. The molecule has 29 heavy (non-hydrogen) atoms. The predicted molar refractivity (Wildman–Crippen MR) is 117 cm³/mol. The van der Waals surface area contributed by atoms with Crippen LogP contribution in [0.2, 0.25) is 0 Å². The van der Waals surface area contributed by atoms with Crippen molar-refractivity contribution in [3.05, 3.63) is 69.6 Å². The van der Waals surface area contributed by atoms with Gasteiger partial charge in [0.1, 0.15) is 0 Å². The van der Waals surface area contributed by atoms with Crippen molar-refractivity contribution in [1.29, 1.82) is 0 Å². The van der Waals surface area contributed by atoms with E-state index in [4.69, 9.17) is 0 Å². The lowest BCUT2D eigenvalue weighted by Crippen LogP contribution is -2.42. The van der Waals surface area contributed by atoms with Gasteiger partial charge in [-0.1, -0.05) is 24.3 Å². The molecule has 1 aromatic heterocycles. The molecule has 0 bridgehead atoms. The Labute approximate surface area is 173 Å². The highest BCUT2D eigenvalue weighted by Crippen LogP contribution is 2.19. The Kier molecular flexibility index (Phi) is 7.26. The molecule has 5 nitrogen and oxygen atoms in total. The zero-order chi connectivity index (χ0) is 20.8. The molecule has 1 fully saturated rings. The summed E-state index contributed by atoms with van der Waals surface area (Å²) in [6.45, 7) is 8.67. The van der Waals surface area contributed by atoms with Crippen molar-refractivity contribution in [2.45, 2.75) is 39.7 Å². The molecule has 0 radical (unpaired) electrons. The Hall–Kier alpha value is -2.40. The Morgan fingerprint density at radius 2 is 2.03 bits per heavy atom. The molecule has 1 aliphatic heterocycles. The highest BCUT2D eigenvalue weighted by Gasteiger charge is 2.23. The van der Waals surface area contributed by atoms with Gasteiger partial charge in [0.15, 0.2) is 0 Å². The number of amides is 1. The molecule has 5 heteroatoms. The molecule has 0 saturated carbocycles. The zero-order valence-electron chi connectivity index (χ0n) is 17.9. The third-order valence-electron chi connectivity index (χ3n) is 6.02. The SMILES string of the molecule is CCn1ccc(C(=O)N(C)C[C@@H]2CCCN(CCc3ccccc3C)C2)cc1=O. The topological polar surface area (TPSA) is 45.6 Å². The molecule has 1 aliphatic rings. The maximum absolute atomic E-state index is 12.8. The van der Waals surface area contributed by atoms with Crippen LogP contribution in [0.3, 0.4) is 0 Å². The number of hydrogen-bond acceptors (Lipinski definition) is 3. The lowest BCUT2D eigenvalue weighted by Gasteiger charge is -2.35. The van der Waals surface area contributed by atoms with Crippen LogP contribution in [0.15, 0.2) is 47.4 Å². The molecular formula is C24H33N3O2. The average Bonchev–Trinajstić information content (AvgIpc) is 2.73. The first-order valence-electron chi connectivity index (χ1n) is 10.7. The molecule has 156 valence electrons. The Balaban J connectivity index is 1.54. The molecular weight excluding hydrogens is 362 g/mol. The zero-order valence-corrected chi connectivity index (χ0v) is 17.9. The third-order valence-corrected chi connectivity index (χ3v) is 6.02. The van der Waals surface area contributed by atoms with Crippen LogP contribution in [0, 0.1) is 12.8 Å². The number of aromatic nitrogens is 1. The molecule has 0 aliphatic carbocycles. The number of rotatable bonds is 7. The normalized spacial score (nSPS) is 17.3. The van der Waals surface area contributed by atoms with E-state index >= 15 is 0 Å². The number of piperidine rings is 1. The van der Waals surface area contributed by atoms with Crippen molar-refractivity contribution in [3.8, 4) is 0 Å². The van der Waals surface area contributed by atoms with E-state index in [0.29, 0.717) is 18.0 Å². The monoisotopic (exact) mass is 395 g/mol. The van der Waals surface area contributed by atoms with Gasteiger partial charge in [-0.2, -0.15) is 0 Å². The van der Waals surface area contributed by atoms with Crippen LogP contribution in [-0.4, -0.2) is 53.5 Å². The highest BCUT2D eigenvalue weighted by molar-refractivity contribution is 5.93. The maximum Gasteiger partial charge on any atom is 0.253 e. The number of likely N-dealkylation sites (tertiary alicyclic amines) is 1. The number of aryl methyl sites for hydroxylation is 2. The van der Waals surface area contributed by atoms with E-state index in [9.17, 15) is 9.59 Å². The summed E-state index contributed by atoms with van der Waals surface area (Å²) in [5.41, 5.74) is 3.14.